The van der Waals surface area contributed by atoms with Gasteiger partial charge in [0.15, 0.2) is 0 Å². The van der Waals surface area contributed by atoms with E-state index >= 15 is 0 Å². The van der Waals surface area contributed by atoms with Crippen LogP contribution in [-0.2, 0) is 29.1 Å². The number of imide groups is 1. The molecule has 2 aliphatic rings. The SMILES string of the molecule is O=C(Nc1sc2c(c1-c1nc3ccccc3s1)CCN(Cc1ccccc1)C2)c1cccc(N2C(=O)CCC2=O)c1. The number of anilines is 2. The van der Waals surface area contributed by atoms with Gasteiger partial charge < -0.3 is 5.32 Å². The number of benzene rings is 3. The van der Waals surface area contributed by atoms with Crippen molar-refractivity contribution in [1.29, 1.82) is 0 Å². The van der Waals surface area contributed by atoms with Gasteiger partial charge in [0.2, 0.25) is 11.8 Å². The van der Waals surface area contributed by atoms with Crippen LogP contribution in [0.5, 0.6) is 0 Å². The molecule has 0 unspecified atom stereocenters. The third-order valence-electron chi connectivity index (χ3n) is 7.54. The Balaban J connectivity index is 1.23. The van der Waals surface area contributed by atoms with Crippen molar-refractivity contribution in [3.8, 4) is 10.6 Å². The summed E-state index contributed by atoms with van der Waals surface area (Å²) in [5, 5.41) is 4.85. The molecule has 2 aromatic heterocycles. The topological polar surface area (TPSA) is 82.6 Å². The largest absolute Gasteiger partial charge is 0.313 e. The maximum Gasteiger partial charge on any atom is 0.256 e. The first-order valence-electron chi connectivity index (χ1n) is 13.6. The minimum Gasteiger partial charge on any atom is -0.313 e. The molecular weight excluding hydrogens is 553 g/mol. The predicted molar refractivity (Wildman–Crippen MR) is 163 cm³/mol. The van der Waals surface area contributed by atoms with Gasteiger partial charge in [0.05, 0.1) is 15.9 Å². The van der Waals surface area contributed by atoms with E-state index in [4.69, 9.17) is 4.98 Å². The molecule has 0 aliphatic carbocycles. The van der Waals surface area contributed by atoms with E-state index in [1.54, 1.807) is 46.9 Å². The van der Waals surface area contributed by atoms with Crippen LogP contribution in [0.15, 0.2) is 78.9 Å². The number of aromatic nitrogens is 1. The highest BCUT2D eigenvalue weighted by molar-refractivity contribution is 7.23. The quantitative estimate of drug-likeness (QED) is 0.233. The molecule has 9 heteroatoms. The van der Waals surface area contributed by atoms with Gasteiger partial charge in [-0.15, -0.1) is 22.7 Å². The third kappa shape index (κ3) is 4.97. The number of carbonyl (C=O) groups is 3. The summed E-state index contributed by atoms with van der Waals surface area (Å²) >= 11 is 3.25. The van der Waals surface area contributed by atoms with Gasteiger partial charge in [0, 0.05) is 48.5 Å². The molecule has 7 rings (SSSR count). The molecule has 1 fully saturated rings. The summed E-state index contributed by atoms with van der Waals surface area (Å²) in [6, 6.07) is 25.3. The molecular formula is C32H26N4O3S2. The molecule has 1 saturated heterocycles. The van der Waals surface area contributed by atoms with Gasteiger partial charge in [0.25, 0.3) is 5.91 Å². The van der Waals surface area contributed by atoms with Gasteiger partial charge in [-0.25, -0.2) is 4.98 Å². The van der Waals surface area contributed by atoms with E-state index in [0.717, 1.165) is 51.8 Å². The van der Waals surface area contributed by atoms with Crippen molar-refractivity contribution in [1.82, 2.24) is 9.88 Å². The zero-order chi connectivity index (χ0) is 27.9. The number of amides is 3. The van der Waals surface area contributed by atoms with Crippen LogP contribution in [0.3, 0.4) is 0 Å². The number of thiazole rings is 1. The minimum absolute atomic E-state index is 0.197. The molecule has 0 radical (unpaired) electrons. The molecule has 41 heavy (non-hydrogen) atoms. The van der Waals surface area contributed by atoms with Crippen LogP contribution in [0, 0.1) is 0 Å². The molecule has 0 saturated carbocycles. The number of para-hydroxylation sites is 1. The molecule has 0 bridgehead atoms. The molecule has 7 nitrogen and oxygen atoms in total. The van der Waals surface area contributed by atoms with Crippen molar-refractivity contribution in [3.05, 3.63) is 100 Å². The zero-order valence-electron chi connectivity index (χ0n) is 22.1. The van der Waals surface area contributed by atoms with Gasteiger partial charge in [-0.2, -0.15) is 0 Å². The lowest BCUT2D eigenvalue weighted by atomic mass is 10.0. The Morgan fingerprint density at radius 1 is 0.878 bits per heavy atom. The summed E-state index contributed by atoms with van der Waals surface area (Å²) in [4.78, 5) is 48.0. The van der Waals surface area contributed by atoms with E-state index in [1.807, 2.05) is 24.3 Å². The van der Waals surface area contributed by atoms with Crippen LogP contribution in [0.2, 0.25) is 0 Å². The van der Waals surface area contributed by atoms with Crippen LogP contribution in [-0.4, -0.2) is 34.2 Å². The Labute approximate surface area is 245 Å². The van der Waals surface area contributed by atoms with E-state index in [9.17, 15) is 14.4 Å². The van der Waals surface area contributed by atoms with E-state index in [0.29, 0.717) is 11.3 Å². The van der Waals surface area contributed by atoms with Crippen LogP contribution in [0.25, 0.3) is 20.8 Å². The monoisotopic (exact) mass is 578 g/mol. The Morgan fingerprint density at radius 3 is 2.46 bits per heavy atom. The smallest absolute Gasteiger partial charge is 0.256 e. The number of thiophene rings is 1. The standard InChI is InChI=1S/C32H26N4O3S2/c37-27-13-14-28(38)36(27)22-10-6-9-21(17-22)30(39)34-32-29(31-33-24-11-4-5-12-25(24)40-31)23-15-16-35(19-26(23)41-32)18-20-7-2-1-3-8-20/h1-12,17H,13-16,18-19H2,(H,34,39). The summed E-state index contributed by atoms with van der Waals surface area (Å²) in [5.74, 6) is -0.763. The third-order valence-corrected chi connectivity index (χ3v) is 9.72. The van der Waals surface area contributed by atoms with Crippen molar-refractivity contribution in [3.63, 3.8) is 0 Å². The molecule has 3 amide bonds. The van der Waals surface area contributed by atoms with E-state index in [2.05, 4.69) is 40.5 Å². The Bertz CT molecular complexity index is 1760. The summed E-state index contributed by atoms with van der Waals surface area (Å²) < 4.78 is 1.11. The maximum absolute atomic E-state index is 13.6. The number of hydrogen-bond acceptors (Lipinski definition) is 7. The maximum atomic E-state index is 13.6. The van der Waals surface area contributed by atoms with E-state index < -0.39 is 0 Å². The van der Waals surface area contributed by atoms with E-state index in [-0.39, 0.29) is 30.6 Å². The van der Waals surface area contributed by atoms with Gasteiger partial charge in [-0.3, -0.25) is 24.2 Å². The van der Waals surface area contributed by atoms with Gasteiger partial charge in [-0.05, 0) is 47.9 Å². The summed E-state index contributed by atoms with van der Waals surface area (Å²) in [6.07, 6.45) is 1.26. The second-order valence-corrected chi connectivity index (χ2v) is 12.4. The summed E-state index contributed by atoms with van der Waals surface area (Å²) in [7, 11) is 0. The molecule has 5 aromatic rings. The fourth-order valence-corrected chi connectivity index (χ4v) is 7.95. The fourth-order valence-electron chi connectivity index (χ4n) is 5.55. The lowest BCUT2D eigenvalue weighted by Crippen LogP contribution is -2.29. The number of rotatable bonds is 6. The average Bonchev–Trinajstić information content (AvgIpc) is 3.67. The molecule has 3 aromatic carbocycles. The molecule has 0 atom stereocenters. The second kappa shape index (κ2) is 10.7. The second-order valence-electron chi connectivity index (χ2n) is 10.3. The number of hydrogen-bond donors (Lipinski definition) is 1. The molecule has 4 heterocycles. The van der Waals surface area contributed by atoms with Crippen LogP contribution >= 0.6 is 22.7 Å². The highest BCUT2D eigenvalue weighted by atomic mass is 32.1. The lowest BCUT2D eigenvalue weighted by molar-refractivity contribution is -0.121. The van der Waals surface area contributed by atoms with Crippen molar-refractivity contribution in [2.24, 2.45) is 0 Å². The number of nitrogens with one attached hydrogen (secondary N) is 1. The Kier molecular flexibility index (Phi) is 6.70. The minimum atomic E-state index is -0.284. The Hall–Kier alpha value is -4.18. The Morgan fingerprint density at radius 2 is 1.66 bits per heavy atom. The van der Waals surface area contributed by atoms with Crippen molar-refractivity contribution >= 4 is 61.3 Å². The van der Waals surface area contributed by atoms with Crippen molar-refractivity contribution < 1.29 is 14.4 Å². The molecule has 2 aliphatic heterocycles. The molecule has 204 valence electrons. The van der Waals surface area contributed by atoms with Crippen LogP contribution in [0.1, 0.15) is 39.2 Å². The highest BCUT2D eigenvalue weighted by Crippen LogP contribution is 2.46. The summed E-state index contributed by atoms with van der Waals surface area (Å²) in [5.41, 5.74) is 5.29. The zero-order valence-corrected chi connectivity index (χ0v) is 23.8. The number of nitrogens with zero attached hydrogens (tertiary/aromatic N) is 3. The predicted octanol–water partition coefficient (Wildman–Crippen LogP) is 6.49. The van der Waals surface area contributed by atoms with Crippen LogP contribution in [0.4, 0.5) is 10.7 Å². The van der Waals surface area contributed by atoms with Gasteiger partial charge in [0.1, 0.15) is 10.0 Å². The van der Waals surface area contributed by atoms with Crippen molar-refractivity contribution in [2.45, 2.75) is 32.4 Å². The molecule has 1 N–H and O–H groups in total. The first-order chi connectivity index (χ1) is 20.0. The average molecular weight is 579 g/mol. The lowest BCUT2D eigenvalue weighted by Gasteiger charge is -2.27. The first-order valence-corrected chi connectivity index (χ1v) is 15.2. The molecule has 0 spiro atoms. The summed E-state index contributed by atoms with van der Waals surface area (Å²) in [6.45, 7) is 2.60. The van der Waals surface area contributed by atoms with E-state index in [1.165, 1.54) is 20.9 Å². The number of carbonyl (C=O) groups excluding carboxylic acids is 3. The van der Waals surface area contributed by atoms with Crippen LogP contribution < -0.4 is 10.2 Å². The number of fused-ring (bicyclic) bond motifs is 2. The first kappa shape index (κ1) is 25.8. The van der Waals surface area contributed by atoms with Crippen molar-refractivity contribution in [2.75, 3.05) is 16.8 Å². The fraction of sp³-hybridized carbons (Fsp3) is 0.188. The highest BCUT2D eigenvalue weighted by Gasteiger charge is 2.31. The normalized spacial score (nSPS) is 15.5. The van der Waals surface area contributed by atoms with Gasteiger partial charge in [-0.1, -0.05) is 48.5 Å². The van der Waals surface area contributed by atoms with Gasteiger partial charge >= 0.3 is 0 Å².